The predicted molar refractivity (Wildman–Crippen MR) is 76.1 cm³/mol. The molecule has 0 amide bonds. The second kappa shape index (κ2) is 6.81. The van der Waals surface area contributed by atoms with E-state index < -0.39 is 0 Å². The summed E-state index contributed by atoms with van der Waals surface area (Å²) in [5, 5.41) is 17.2. The summed E-state index contributed by atoms with van der Waals surface area (Å²) in [7, 11) is 3.19. The molecule has 0 fully saturated rings. The molecule has 6 heteroatoms. The van der Waals surface area contributed by atoms with Gasteiger partial charge in [0, 0.05) is 19.9 Å². The minimum atomic E-state index is 0.141. The second-order valence-corrected chi connectivity index (χ2v) is 4.34. The van der Waals surface area contributed by atoms with E-state index in [9.17, 15) is 5.11 Å². The number of hydrogen-bond acceptors (Lipinski definition) is 5. The first-order valence-corrected chi connectivity index (χ1v) is 6.34. The number of phenols is 1. The summed E-state index contributed by atoms with van der Waals surface area (Å²) in [5.74, 6) is 0.615. The van der Waals surface area contributed by atoms with E-state index in [1.807, 2.05) is 16.9 Å². The molecule has 1 aromatic carbocycles. The van der Waals surface area contributed by atoms with Gasteiger partial charge in [-0.05, 0) is 17.7 Å². The van der Waals surface area contributed by atoms with Gasteiger partial charge < -0.3 is 19.9 Å². The lowest BCUT2D eigenvalue weighted by molar-refractivity contribution is 0.183. The zero-order chi connectivity index (χ0) is 14.4. The number of rotatable bonds is 7. The van der Waals surface area contributed by atoms with Crippen molar-refractivity contribution in [3.8, 4) is 11.5 Å². The average Bonchev–Trinajstić information content (AvgIpc) is 2.91. The van der Waals surface area contributed by atoms with Gasteiger partial charge in [0.05, 0.1) is 32.1 Å². The van der Waals surface area contributed by atoms with E-state index in [4.69, 9.17) is 9.47 Å². The third-order valence-electron chi connectivity index (χ3n) is 2.90. The highest BCUT2D eigenvalue weighted by Gasteiger charge is 2.03. The SMILES string of the molecule is COCCn1cc(NCc2ccc(OC)c(O)c2)cn1. The van der Waals surface area contributed by atoms with Crippen molar-refractivity contribution >= 4 is 5.69 Å². The fourth-order valence-corrected chi connectivity index (χ4v) is 1.81. The fourth-order valence-electron chi connectivity index (χ4n) is 1.81. The fraction of sp³-hybridized carbons (Fsp3) is 0.357. The Balaban J connectivity index is 1.91. The number of nitrogens with zero attached hydrogens (tertiary/aromatic N) is 2. The number of methoxy groups -OCH3 is 2. The van der Waals surface area contributed by atoms with Gasteiger partial charge in [-0.2, -0.15) is 5.10 Å². The van der Waals surface area contributed by atoms with E-state index in [1.54, 1.807) is 25.4 Å². The number of hydrogen-bond donors (Lipinski definition) is 2. The van der Waals surface area contributed by atoms with Gasteiger partial charge >= 0.3 is 0 Å². The number of benzene rings is 1. The highest BCUT2D eigenvalue weighted by Crippen LogP contribution is 2.26. The van der Waals surface area contributed by atoms with Gasteiger partial charge in [0.2, 0.25) is 0 Å². The Labute approximate surface area is 117 Å². The topological polar surface area (TPSA) is 68.5 Å². The molecule has 0 atom stereocenters. The molecule has 6 nitrogen and oxygen atoms in total. The molecule has 0 bridgehead atoms. The van der Waals surface area contributed by atoms with Crippen molar-refractivity contribution in [3.63, 3.8) is 0 Å². The van der Waals surface area contributed by atoms with E-state index in [1.165, 1.54) is 7.11 Å². The Morgan fingerprint density at radius 2 is 2.20 bits per heavy atom. The number of ether oxygens (including phenoxy) is 2. The van der Waals surface area contributed by atoms with E-state index >= 15 is 0 Å². The van der Waals surface area contributed by atoms with Crippen LogP contribution in [0.25, 0.3) is 0 Å². The number of nitrogens with one attached hydrogen (secondary N) is 1. The average molecular weight is 277 g/mol. The van der Waals surface area contributed by atoms with Crippen LogP contribution in [0.1, 0.15) is 5.56 Å². The highest BCUT2D eigenvalue weighted by molar-refractivity contribution is 5.44. The first-order chi connectivity index (χ1) is 9.72. The highest BCUT2D eigenvalue weighted by atomic mass is 16.5. The zero-order valence-corrected chi connectivity index (χ0v) is 11.7. The molecule has 0 aliphatic heterocycles. The summed E-state index contributed by atoms with van der Waals surface area (Å²) in [6.45, 7) is 1.96. The maximum absolute atomic E-state index is 9.71. The monoisotopic (exact) mass is 277 g/mol. The van der Waals surface area contributed by atoms with E-state index in [2.05, 4.69) is 10.4 Å². The van der Waals surface area contributed by atoms with Gasteiger partial charge in [0.15, 0.2) is 11.5 Å². The van der Waals surface area contributed by atoms with E-state index in [-0.39, 0.29) is 5.75 Å². The standard InChI is InChI=1S/C14H19N3O3/c1-19-6-5-17-10-12(9-16-17)15-8-11-3-4-14(20-2)13(18)7-11/h3-4,7,9-10,15,18H,5-6,8H2,1-2H3. The van der Waals surface area contributed by atoms with Gasteiger partial charge in [-0.1, -0.05) is 6.07 Å². The number of anilines is 1. The van der Waals surface area contributed by atoms with Crippen LogP contribution in [0.4, 0.5) is 5.69 Å². The van der Waals surface area contributed by atoms with Crippen molar-refractivity contribution in [2.45, 2.75) is 13.1 Å². The molecule has 0 aliphatic rings. The van der Waals surface area contributed by atoms with Gasteiger partial charge in [0.1, 0.15) is 0 Å². The van der Waals surface area contributed by atoms with Gasteiger partial charge in [0.25, 0.3) is 0 Å². The second-order valence-electron chi connectivity index (χ2n) is 4.34. The summed E-state index contributed by atoms with van der Waals surface area (Å²) < 4.78 is 11.8. The van der Waals surface area contributed by atoms with Crippen molar-refractivity contribution in [2.24, 2.45) is 0 Å². The van der Waals surface area contributed by atoms with Crippen LogP contribution in [0.2, 0.25) is 0 Å². The molecule has 2 aromatic rings. The molecule has 0 saturated carbocycles. The predicted octanol–water partition coefficient (Wildman–Crippen LogP) is 1.86. The lowest BCUT2D eigenvalue weighted by Gasteiger charge is -2.07. The lowest BCUT2D eigenvalue weighted by Crippen LogP contribution is -2.04. The summed E-state index contributed by atoms with van der Waals surface area (Å²) in [6.07, 6.45) is 3.68. The Bertz CT molecular complexity index is 554. The zero-order valence-electron chi connectivity index (χ0n) is 11.7. The molecule has 2 rings (SSSR count). The van der Waals surface area contributed by atoms with Gasteiger partial charge in [-0.25, -0.2) is 0 Å². The smallest absolute Gasteiger partial charge is 0.160 e. The number of aromatic hydroxyl groups is 1. The van der Waals surface area contributed by atoms with Crippen LogP contribution < -0.4 is 10.1 Å². The summed E-state index contributed by atoms with van der Waals surface area (Å²) in [5.41, 5.74) is 1.89. The molecule has 0 saturated heterocycles. The summed E-state index contributed by atoms with van der Waals surface area (Å²) in [4.78, 5) is 0. The van der Waals surface area contributed by atoms with Crippen LogP contribution in [0, 0.1) is 0 Å². The van der Waals surface area contributed by atoms with Crippen molar-refractivity contribution in [3.05, 3.63) is 36.2 Å². The quantitative estimate of drug-likeness (QED) is 0.808. The molecule has 1 heterocycles. The minimum Gasteiger partial charge on any atom is -0.504 e. The molecule has 1 aromatic heterocycles. The van der Waals surface area contributed by atoms with Crippen LogP contribution in [0.3, 0.4) is 0 Å². The molecule has 2 N–H and O–H groups in total. The normalized spacial score (nSPS) is 10.5. The molecule has 0 radical (unpaired) electrons. The Morgan fingerprint density at radius 3 is 2.90 bits per heavy atom. The van der Waals surface area contributed by atoms with Gasteiger partial charge in [-0.15, -0.1) is 0 Å². The number of aromatic nitrogens is 2. The molecular weight excluding hydrogens is 258 g/mol. The first kappa shape index (κ1) is 14.2. The maximum Gasteiger partial charge on any atom is 0.160 e. The van der Waals surface area contributed by atoms with Crippen LogP contribution in [0.5, 0.6) is 11.5 Å². The molecule has 0 aliphatic carbocycles. The third-order valence-corrected chi connectivity index (χ3v) is 2.90. The molecule has 20 heavy (non-hydrogen) atoms. The van der Waals surface area contributed by atoms with Crippen LogP contribution >= 0.6 is 0 Å². The van der Waals surface area contributed by atoms with Gasteiger partial charge in [-0.3, -0.25) is 4.68 Å². The van der Waals surface area contributed by atoms with Crippen molar-refractivity contribution in [1.29, 1.82) is 0 Å². The maximum atomic E-state index is 9.71. The Morgan fingerprint density at radius 1 is 1.35 bits per heavy atom. The molecular formula is C14H19N3O3. The molecule has 0 unspecified atom stereocenters. The summed E-state index contributed by atoms with van der Waals surface area (Å²) in [6, 6.07) is 5.33. The minimum absolute atomic E-state index is 0.141. The van der Waals surface area contributed by atoms with Crippen molar-refractivity contribution in [2.75, 3.05) is 26.1 Å². The van der Waals surface area contributed by atoms with Crippen LogP contribution in [-0.2, 0) is 17.8 Å². The van der Waals surface area contributed by atoms with Crippen molar-refractivity contribution in [1.82, 2.24) is 9.78 Å². The molecule has 0 spiro atoms. The Hall–Kier alpha value is -2.21. The van der Waals surface area contributed by atoms with E-state index in [0.717, 1.165) is 17.8 Å². The van der Waals surface area contributed by atoms with Crippen LogP contribution in [0.15, 0.2) is 30.6 Å². The lowest BCUT2D eigenvalue weighted by atomic mass is 10.2. The van der Waals surface area contributed by atoms with E-state index in [0.29, 0.717) is 18.9 Å². The van der Waals surface area contributed by atoms with Crippen molar-refractivity contribution < 1.29 is 14.6 Å². The van der Waals surface area contributed by atoms with Crippen LogP contribution in [-0.4, -0.2) is 35.7 Å². The Kier molecular flexibility index (Phi) is 4.84. The number of phenolic OH excluding ortho intramolecular Hbond substituents is 1. The first-order valence-electron chi connectivity index (χ1n) is 6.34. The summed E-state index contributed by atoms with van der Waals surface area (Å²) >= 11 is 0. The molecule has 108 valence electrons. The third kappa shape index (κ3) is 3.64. The largest absolute Gasteiger partial charge is 0.504 e.